The number of rotatable bonds is 5. The lowest BCUT2D eigenvalue weighted by Gasteiger charge is -2.13. The molecule has 126 valence electrons. The van der Waals surface area contributed by atoms with E-state index in [2.05, 4.69) is 31.7 Å². The Labute approximate surface area is 148 Å². The molecule has 0 fully saturated rings. The van der Waals surface area contributed by atoms with E-state index >= 15 is 0 Å². The molecule has 0 aliphatic rings. The number of aromatic nitrogens is 1. The van der Waals surface area contributed by atoms with E-state index < -0.39 is 0 Å². The summed E-state index contributed by atoms with van der Waals surface area (Å²) in [6.07, 6.45) is 1.91. The molecule has 0 aliphatic carbocycles. The number of nitrogens with one attached hydrogen (secondary N) is 1. The summed E-state index contributed by atoms with van der Waals surface area (Å²) in [7, 11) is 1.69. The van der Waals surface area contributed by atoms with Crippen molar-refractivity contribution in [2.75, 3.05) is 7.11 Å². The largest absolute Gasteiger partial charge is 0.380 e. The SMILES string of the molecule is C=C(c1cccc(C)c1)n1ccc(-c2cccc(COC)c2)cc1=N. The molecule has 0 saturated heterocycles. The molecule has 1 heterocycles. The lowest BCUT2D eigenvalue weighted by atomic mass is 10.0. The van der Waals surface area contributed by atoms with Crippen LogP contribution in [0.5, 0.6) is 0 Å². The summed E-state index contributed by atoms with van der Waals surface area (Å²) < 4.78 is 7.00. The lowest BCUT2D eigenvalue weighted by molar-refractivity contribution is 0.185. The minimum absolute atomic E-state index is 0.404. The summed E-state index contributed by atoms with van der Waals surface area (Å²) in [6.45, 7) is 6.80. The van der Waals surface area contributed by atoms with E-state index in [1.807, 2.05) is 48.7 Å². The number of hydrogen-bond donors (Lipinski definition) is 1. The number of hydrogen-bond acceptors (Lipinski definition) is 2. The molecule has 3 heteroatoms. The molecule has 3 rings (SSSR count). The Morgan fingerprint density at radius 2 is 1.80 bits per heavy atom. The monoisotopic (exact) mass is 330 g/mol. The van der Waals surface area contributed by atoms with Gasteiger partial charge in [-0.15, -0.1) is 0 Å². The van der Waals surface area contributed by atoms with Gasteiger partial charge in [0.15, 0.2) is 0 Å². The van der Waals surface area contributed by atoms with Gasteiger partial charge in [-0.25, -0.2) is 0 Å². The molecule has 0 atom stereocenters. The Bertz CT molecular complexity index is 970. The Morgan fingerprint density at radius 3 is 2.52 bits per heavy atom. The molecule has 3 aromatic rings. The number of ether oxygens (including phenoxy) is 1. The summed E-state index contributed by atoms with van der Waals surface area (Å²) in [5.74, 6) is 0. The summed E-state index contributed by atoms with van der Waals surface area (Å²) in [6, 6.07) is 20.2. The van der Waals surface area contributed by atoms with E-state index in [1.165, 1.54) is 5.56 Å². The molecule has 25 heavy (non-hydrogen) atoms. The maximum Gasteiger partial charge on any atom is 0.129 e. The van der Waals surface area contributed by atoms with Gasteiger partial charge in [0.1, 0.15) is 5.49 Å². The molecule has 0 unspecified atom stereocenters. The van der Waals surface area contributed by atoms with E-state index in [4.69, 9.17) is 10.1 Å². The quantitative estimate of drug-likeness (QED) is 0.729. The predicted molar refractivity (Wildman–Crippen MR) is 102 cm³/mol. The van der Waals surface area contributed by atoms with Crippen molar-refractivity contribution in [2.24, 2.45) is 0 Å². The molecule has 1 aromatic heterocycles. The fourth-order valence-corrected chi connectivity index (χ4v) is 2.89. The number of methoxy groups -OCH3 is 1. The van der Waals surface area contributed by atoms with Crippen LogP contribution in [-0.2, 0) is 11.3 Å². The molecule has 2 aromatic carbocycles. The fraction of sp³-hybridized carbons (Fsp3) is 0.136. The van der Waals surface area contributed by atoms with Crippen molar-refractivity contribution < 1.29 is 4.74 Å². The highest BCUT2D eigenvalue weighted by Gasteiger charge is 2.05. The van der Waals surface area contributed by atoms with Crippen molar-refractivity contribution >= 4 is 5.70 Å². The van der Waals surface area contributed by atoms with Crippen molar-refractivity contribution in [3.05, 3.63) is 95.6 Å². The normalized spacial score (nSPS) is 10.6. The maximum absolute atomic E-state index is 8.41. The van der Waals surface area contributed by atoms with Gasteiger partial charge in [-0.3, -0.25) is 5.41 Å². The standard InChI is InChI=1S/C22H22N2O/c1-16-6-4-8-19(12-16)17(2)24-11-10-21(14-22(24)23)20-9-5-7-18(13-20)15-25-3/h4-14,23H,2,15H2,1,3H3. The number of benzene rings is 2. The molecule has 0 aliphatic heterocycles. The van der Waals surface area contributed by atoms with Crippen molar-refractivity contribution in [3.63, 3.8) is 0 Å². The van der Waals surface area contributed by atoms with Gasteiger partial charge >= 0.3 is 0 Å². The molecule has 3 nitrogen and oxygen atoms in total. The highest BCUT2D eigenvalue weighted by molar-refractivity contribution is 5.67. The van der Waals surface area contributed by atoms with Crippen molar-refractivity contribution in [1.82, 2.24) is 4.57 Å². The summed E-state index contributed by atoms with van der Waals surface area (Å²) in [5, 5.41) is 8.41. The van der Waals surface area contributed by atoms with E-state index in [0.29, 0.717) is 12.1 Å². The van der Waals surface area contributed by atoms with E-state index in [1.54, 1.807) is 11.7 Å². The number of nitrogens with zero attached hydrogens (tertiary/aromatic N) is 1. The van der Waals surface area contributed by atoms with Crippen LogP contribution in [0, 0.1) is 12.3 Å². The third-order valence-electron chi connectivity index (χ3n) is 4.17. The van der Waals surface area contributed by atoms with Crippen LogP contribution in [0.4, 0.5) is 0 Å². The first-order valence-corrected chi connectivity index (χ1v) is 8.20. The first-order chi connectivity index (χ1) is 12.1. The summed E-state index contributed by atoms with van der Waals surface area (Å²) >= 11 is 0. The Balaban J connectivity index is 1.95. The zero-order valence-corrected chi connectivity index (χ0v) is 14.6. The first-order valence-electron chi connectivity index (χ1n) is 8.20. The van der Waals surface area contributed by atoms with Crippen molar-refractivity contribution in [3.8, 4) is 11.1 Å². The van der Waals surface area contributed by atoms with Crippen LogP contribution in [0.3, 0.4) is 0 Å². The number of aryl methyl sites for hydroxylation is 1. The average Bonchev–Trinajstić information content (AvgIpc) is 2.61. The Hall–Kier alpha value is -2.91. The molecule has 0 amide bonds. The van der Waals surface area contributed by atoms with Crippen LogP contribution in [-0.4, -0.2) is 11.7 Å². The van der Waals surface area contributed by atoms with Crippen LogP contribution in [0.1, 0.15) is 16.7 Å². The highest BCUT2D eigenvalue weighted by atomic mass is 16.5. The van der Waals surface area contributed by atoms with Gasteiger partial charge in [-0.1, -0.05) is 48.5 Å². The van der Waals surface area contributed by atoms with Crippen LogP contribution >= 0.6 is 0 Å². The second kappa shape index (κ2) is 7.32. The molecule has 0 spiro atoms. The average molecular weight is 330 g/mol. The second-order valence-electron chi connectivity index (χ2n) is 6.12. The van der Waals surface area contributed by atoms with E-state index in [9.17, 15) is 0 Å². The smallest absolute Gasteiger partial charge is 0.129 e. The van der Waals surface area contributed by atoms with Gasteiger partial charge in [0.05, 0.1) is 6.61 Å². The fourth-order valence-electron chi connectivity index (χ4n) is 2.89. The van der Waals surface area contributed by atoms with Gasteiger partial charge in [-0.05, 0) is 53.4 Å². The summed E-state index contributed by atoms with van der Waals surface area (Å²) in [4.78, 5) is 0. The van der Waals surface area contributed by atoms with Crippen LogP contribution < -0.4 is 5.49 Å². The van der Waals surface area contributed by atoms with Crippen LogP contribution in [0.2, 0.25) is 0 Å². The van der Waals surface area contributed by atoms with Gasteiger partial charge < -0.3 is 9.30 Å². The molecule has 0 radical (unpaired) electrons. The van der Waals surface area contributed by atoms with E-state index in [-0.39, 0.29) is 0 Å². The minimum atomic E-state index is 0.404. The third-order valence-corrected chi connectivity index (χ3v) is 4.17. The topological polar surface area (TPSA) is 38.0 Å². The molecule has 1 N–H and O–H groups in total. The molecule has 0 saturated carbocycles. The molecular formula is C22H22N2O. The Kier molecular flexibility index (Phi) is 4.96. The van der Waals surface area contributed by atoms with Crippen LogP contribution in [0.15, 0.2) is 73.4 Å². The predicted octanol–water partition coefficient (Wildman–Crippen LogP) is 4.61. The second-order valence-corrected chi connectivity index (χ2v) is 6.12. The zero-order valence-electron chi connectivity index (χ0n) is 14.6. The first kappa shape index (κ1) is 16.9. The van der Waals surface area contributed by atoms with Gasteiger partial charge in [0.2, 0.25) is 0 Å². The Morgan fingerprint density at radius 1 is 1.04 bits per heavy atom. The van der Waals surface area contributed by atoms with Gasteiger partial charge in [-0.2, -0.15) is 0 Å². The maximum atomic E-state index is 8.41. The molecular weight excluding hydrogens is 308 g/mol. The van der Waals surface area contributed by atoms with E-state index in [0.717, 1.165) is 28.0 Å². The van der Waals surface area contributed by atoms with Crippen molar-refractivity contribution in [1.29, 1.82) is 5.41 Å². The molecule has 0 bridgehead atoms. The minimum Gasteiger partial charge on any atom is -0.380 e. The highest BCUT2D eigenvalue weighted by Crippen LogP contribution is 2.21. The summed E-state index contributed by atoms with van der Waals surface area (Å²) in [5.41, 5.74) is 6.61. The zero-order chi connectivity index (χ0) is 17.8. The van der Waals surface area contributed by atoms with Crippen molar-refractivity contribution in [2.45, 2.75) is 13.5 Å². The van der Waals surface area contributed by atoms with Gasteiger partial charge in [0, 0.05) is 19.0 Å². The van der Waals surface area contributed by atoms with Crippen LogP contribution in [0.25, 0.3) is 16.8 Å². The number of pyridine rings is 1. The third kappa shape index (κ3) is 3.78. The lowest BCUT2D eigenvalue weighted by Crippen LogP contribution is -2.18. The van der Waals surface area contributed by atoms with Gasteiger partial charge in [0.25, 0.3) is 0 Å².